The molecule has 0 saturated heterocycles. The van der Waals surface area contributed by atoms with Gasteiger partial charge < -0.3 is 9.67 Å². The minimum absolute atomic E-state index is 0.0706. The molecule has 1 N–H and O–H groups in total. The fraction of sp³-hybridized carbons (Fsp3) is 0.273. The molecule has 0 bridgehead atoms. The van der Waals surface area contributed by atoms with Crippen LogP contribution in [0.2, 0.25) is 0 Å². The van der Waals surface area contributed by atoms with E-state index < -0.39 is 11.4 Å². The molecular formula is C11H9FN2O2. The Labute approximate surface area is 90.0 Å². The molecule has 0 aliphatic carbocycles. The molecule has 82 valence electrons. The van der Waals surface area contributed by atoms with Crippen molar-refractivity contribution in [3.05, 3.63) is 40.1 Å². The molecule has 3 rings (SSSR count). The molecule has 5 heteroatoms. The largest absolute Gasteiger partial charge is 0.383 e. The summed E-state index contributed by atoms with van der Waals surface area (Å²) in [5.74, 6) is -0.575. The van der Waals surface area contributed by atoms with Gasteiger partial charge in [0.25, 0.3) is 5.56 Å². The zero-order chi connectivity index (χ0) is 11.5. The summed E-state index contributed by atoms with van der Waals surface area (Å²) in [6.07, 6.45) is 1.08. The average molecular weight is 220 g/mol. The zero-order valence-corrected chi connectivity index (χ0v) is 8.57. The Morgan fingerprint density at radius 2 is 2.31 bits per heavy atom. The zero-order valence-electron chi connectivity index (χ0n) is 8.57. The van der Waals surface area contributed by atoms with Crippen molar-refractivity contribution in [2.45, 2.75) is 19.1 Å². The number of pyridine rings is 2. The van der Waals surface area contributed by atoms with Gasteiger partial charge >= 0.3 is 0 Å². The summed E-state index contributed by atoms with van der Waals surface area (Å²) in [4.78, 5) is 15.5. The lowest BCUT2D eigenvalue weighted by molar-refractivity contribution is 0.0463. The fourth-order valence-corrected chi connectivity index (χ4v) is 2.29. The van der Waals surface area contributed by atoms with E-state index in [2.05, 4.69) is 4.98 Å². The van der Waals surface area contributed by atoms with E-state index in [-0.39, 0.29) is 17.7 Å². The molecule has 1 aliphatic rings. The van der Waals surface area contributed by atoms with Gasteiger partial charge in [0.1, 0.15) is 11.4 Å². The third-order valence-corrected chi connectivity index (χ3v) is 2.96. The van der Waals surface area contributed by atoms with Crippen LogP contribution in [0.25, 0.3) is 11.0 Å². The predicted molar refractivity (Wildman–Crippen MR) is 55.5 cm³/mol. The summed E-state index contributed by atoms with van der Waals surface area (Å²) < 4.78 is 15.0. The summed E-state index contributed by atoms with van der Waals surface area (Å²) >= 11 is 0. The lowest BCUT2D eigenvalue weighted by atomic mass is 9.99. The highest BCUT2D eigenvalue weighted by Gasteiger charge is 2.37. The molecule has 4 nitrogen and oxygen atoms in total. The van der Waals surface area contributed by atoms with Crippen molar-refractivity contribution in [3.63, 3.8) is 0 Å². The molecule has 2 aromatic heterocycles. The van der Waals surface area contributed by atoms with Gasteiger partial charge in [-0.1, -0.05) is 0 Å². The van der Waals surface area contributed by atoms with Crippen molar-refractivity contribution < 1.29 is 9.50 Å². The number of nitrogens with zero attached hydrogens (tertiary/aromatic N) is 2. The van der Waals surface area contributed by atoms with E-state index in [0.29, 0.717) is 11.0 Å². The Hall–Kier alpha value is -1.75. The van der Waals surface area contributed by atoms with Crippen LogP contribution in [0.15, 0.2) is 23.1 Å². The number of hydrogen-bond acceptors (Lipinski definition) is 3. The first-order valence-corrected chi connectivity index (χ1v) is 4.91. The molecule has 0 radical (unpaired) electrons. The van der Waals surface area contributed by atoms with Gasteiger partial charge in [-0.2, -0.15) is 0 Å². The van der Waals surface area contributed by atoms with E-state index in [1.807, 2.05) is 0 Å². The van der Waals surface area contributed by atoms with E-state index in [4.69, 9.17) is 0 Å². The Morgan fingerprint density at radius 3 is 3.06 bits per heavy atom. The van der Waals surface area contributed by atoms with Crippen LogP contribution in [0.4, 0.5) is 4.39 Å². The monoisotopic (exact) mass is 220 g/mol. The van der Waals surface area contributed by atoms with Gasteiger partial charge in [0.2, 0.25) is 0 Å². The Bertz CT molecular complexity index is 661. The first-order chi connectivity index (χ1) is 7.50. The standard InChI is InChI=1S/C11H9FN2O2/c1-11(16)5-14-8(15)3-2-7-10(14)9(11)6(12)4-13-7/h2-4,16H,5H2,1H3. The summed E-state index contributed by atoms with van der Waals surface area (Å²) in [6, 6.07) is 2.91. The van der Waals surface area contributed by atoms with Crippen molar-refractivity contribution >= 4 is 11.0 Å². The van der Waals surface area contributed by atoms with Crippen LogP contribution in [0.5, 0.6) is 0 Å². The summed E-state index contributed by atoms with van der Waals surface area (Å²) in [7, 11) is 0. The number of rotatable bonds is 0. The number of halogens is 1. The third-order valence-electron chi connectivity index (χ3n) is 2.96. The van der Waals surface area contributed by atoms with E-state index in [1.165, 1.54) is 17.6 Å². The normalized spacial score (nSPS) is 22.9. The van der Waals surface area contributed by atoms with Crippen molar-refractivity contribution in [1.29, 1.82) is 0 Å². The van der Waals surface area contributed by atoms with Crippen LogP contribution in [-0.2, 0) is 12.1 Å². The molecule has 1 aliphatic heterocycles. The summed E-state index contributed by atoms with van der Waals surface area (Å²) in [5, 5.41) is 10.1. The average Bonchev–Trinajstić information content (AvgIpc) is 2.50. The number of aromatic nitrogens is 2. The van der Waals surface area contributed by atoms with Gasteiger partial charge in [0.15, 0.2) is 0 Å². The van der Waals surface area contributed by atoms with E-state index >= 15 is 0 Å². The topological polar surface area (TPSA) is 55.1 Å². The second-order valence-corrected chi connectivity index (χ2v) is 4.25. The van der Waals surface area contributed by atoms with E-state index in [0.717, 1.165) is 6.20 Å². The Balaban J connectivity index is 2.60. The molecule has 16 heavy (non-hydrogen) atoms. The second-order valence-electron chi connectivity index (χ2n) is 4.25. The maximum absolute atomic E-state index is 13.6. The number of hydrogen-bond donors (Lipinski definition) is 1. The van der Waals surface area contributed by atoms with Gasteiger partial charge in [0, 0.05) is 11.6 Å². The van der Waals surface area contributed by atoms with Crippen molar-refractivity contribution in [3.8, 4) is 0 Å². The predicted octanol–water partition coefficient (Wildman–Crippen LogP) is 0.757. The van der Waals surface area contributed by atoms with Crippen LogP contribution in [0.3, 0.4) is 0 Å². The highest BCUT2D eigenvalue weighted by atomic mass is 19.1. The number of aliphatic hydroxyl groups is 1. The maximum Gasteiger partial charge on any atom is 0.251 e. The van der Waals surface area contributed by atoms with Gasteiger partial charge in [-0.15, -0.1) is 0 Å². The minimum Gasteiger partial charge on any atom is -0.383 e. The molecule has 1 atom stereocenters. The van der Waals surface area contributed by atoms with E-state index in [9.17, 15) is 14.3 Å². The highest BCUT2D eigenvalue weighted by Crippen LogP contribution is 2.36. The minimum atomic E-state index is -1.35. The molecule has 0 aromatic carbocycles. The van der Waals surface area contributed by atoms with Gasteiger partial charge in [-0.05, 0) is 13.0 Å². The van der Waals surface area contributed by atoms with Crippen LogP contribution in [0.1, 0.15) is 12.5 Å². The summed E-state index contributed by atoms with van der Waals surface area (Å²) in [5.41, 5.74) is -0.515. The smallest absolute Gasteiger partial charge is 0.251 e. The SMILES string of the molecule is CC1(O)Cn2c(=O)ccc3ncc(F)c1c32. The van der Waals surface area contributed by atoms with Gasteiger partial charge in [0.05, 0.1) is 23.8 Å². The molecule has 2 aromatic rings. The third kappa shape index (κ3) is 1.01. The van der Waals surface area contributed by atoms with Crippen molar-refractivity contribution in [2.75, 3.05) is 0 Å². The quantitative estimate of drug-likeness (QED) is 0.713. The summed E-state index contributed by atoms with van der Waals surface area (Å²) in [6.45, 7) is 1.57. The van der Waals surface area contributed by atoms with Crippen LogP contribution in [-0.4, -0.2) is 14.7 Å². The molecule has 3 heterocycles. The van der Waals surface area contributed by atoms with Crippen LogP contribution >= 0.6 is 0 Å². The molecule has 0 amide bonds. The van der Waals surface area contributed by atoms with Crippen LogP contribution in [0, 0.1) is 5.82 Å². The second kappa shape index (κ2) is 2.68. The highest BCUT2D eigenvalue weighted by molar-refractivity contribution is 5.80. The molecule has 0 spiro atoms. The Kier molecular flexibility index (Phi) is 1.59. The molecule has 0 fully saturated rings. The lowest BCUT2D eigenvalue weighted by Crippen LogP contribution is -2.26. The Morgan fingerprint density at radius 1 is 1.56 bits per heavy atom. The maximum atomic E-state index is 13.6. The van der Waals surface area contributed by atoms with Crippen LogP contribution < -0.4 is 5.56 Å². The first-order valence-electron chi connectivity index (χ1n) is 4.91. The van der Waals surface area contributed by atoms with Crippen molar-refractivity contribution in [2.24, 2.45) is 0 Å². The first kappa shape index (κ1) is 9.47. The molecule has 1 unspecified atom stereocenters. The van der Waals surface area contributed by atoms with E-state index in [1.54, 1.807) is 6.07 Å². The van der Waals surface area contributed by atoms with Gasteiger partial charge in [-0.25, -0.2) is 4.39 Å². The van der Waals surface area contributed by atoms with Gasteiger partial charge in [-0.3, -0.25) is 9.78 Å². The lowest BCUT2D eigenvalue weighted by Gasteiger charge is -2.16. The van der Waals surface area contributed by atoms with Crippen molar-refractivity contribution in [1.82, 2.24) is 9.55 Å². The molecule has 0 saturated carbocycles. The fourth-order valence-electron chi connectivity index (χ4n) is 2.29. The molecular weight excluding hydrogens is 211 g/mol.